The molecule has 2 heteroatoms. The molecule has 0 heterocycles. The first-order valence-corrected chi connectivity index (χ1v) is 1.25. The average Bonchev–Trinajstić information content (AvgIpc) is 1.41. The molecule has 0 aromatic carbocycles. The van der Waals surface area contributed by atoms with Crippen LogP contribution in [0.4, 0.5) is 4.39 Å². The van der Waals surface area contributed by atoms with Gasteiger partial charge in [0.1, 0.15) is 6.61 Å². The molecular weight excluding hydrogens is 71.0 g/mol. The lowest BCUT2D eigenvalue weighted by Crippen LogP contribution is -1.61. The Kier molecular flexibility index (Phi) is 3.36. The predicted octanol–water partition coefficient (Wildman–Crippen LogP) is 0.900. The van der Waals surface area contributed by atoms with Gasteiger partial charge in [0.2, 0.25) is 0 Å². The lowest BCUT2D eigenvalue weighted by Gasteiger charge is -1.59. The Morgan fingerprint density at radius 3 is 2.40 bits per heavy atom. The molecule has 0 bridgehead atoms. The van der Waals surface area contributed by atoms with Crippen LogP contribution in [0.3, 0.4) is 0 Å². The van der Waals surface area contributed by atoms with E-state index in [1.807, 2.05) is 0 Å². The summed E-state index contributed by atoms with van der Waals surface area (Å²) < 4.78 is 10.6. The SMILES string of the molecule is [O]CC=CF. The van der Waals surface area contributed by atoms with Crippen molar-refractivity contribution in [2.45, 2.75) is 0 Å². The van der Waals surface area contributed by atoms with Crippen LogP contribution >= 0.6 is 0 Å². The lowest BCUT2D eigenvalue weighted by molar-refractivity contribution is 0.231. The van der Waals surface area contributed by atoms with Crippen LogP contribution in [-0.2, 0) is 5.11 Å². The van der Waals surface area contributed by atoms with Crippen LogP contribution in [0.1, 0.15) is 0 Å². The third-order valence-electron chi connectivity index (χ3n) is 0.185. The third-order valence-corrected chi connectivity index (χ3v) is 0.185. The molecule has 0 rings (SSSR count). The summed E-state index contributed by atoms with van der Waals surface area (Å²) in [7, 11) is 0. The topological polar surface area (TPSA) is 19.9 Å². The fourth-order valence-corrected chi connectivity index (χ4v) is 0.0364. The fraction of sp³-hybridized carbons (Fsp3) is 0.333. The normalized spacial score (nSPS) is 10.0. The van der Waals surface area contributed by atoms with E-state index in [1.165, 1.54) is 0 Å². The summed E-state index contributed by atoms with van der Waals surface area (Å²) in [5.74, 6) is 0. The Morgan fingerprint density at radius 2 is 2.40 bits per heavy atom. The Hall–Kier alpha value is -0.370. The first-order chi connectivity index (χ1) is 2.41. The quantitative estimate of drug-likeness (QED) is 0.441. The number of hydrogen-bond acceptors (Lipinski definition) is 0. The summed E-state index contributed by atoms with van der Waals surface area (Å²) in [5.41, 5.74) is 0. The van der Waals surface area contributed by atoms with E-state index in [4.69, 9.17) is 0 Å². The van der Waals surface area contributed by atoms with Crippen molar-refractivity contribution >= 4 is 0 Å². The highest BCUT2D eigenvalue weighted by atomic mass is 19.1. The molecule has 0 saturated heterocycles. The van der Waals surface area contributed by atoms with E-state index in [0.717, 1.165) is 6.08 Å². The minimum absolute atomic E-state index is 0.243. The molecule has 1 nitrogen and oxygen atoms in total. The van der Waals surface area contributed by atoms with Gasteiger partial charge in [-0.05, 0) is 6.08 Å². The van der Waals surface area contributed by atoms with Crippen molar-refractivity contribution in [2.24, 2.45) is 0 Å². The average molecular weight is 75.1 g/mol. The van der Waals surface area contributed by atoms with Gasteiger partial charge in [0, 0.05) is 0 Å². The van der Waals surface area contributed by atoms with Crippen LogP contribution in [0.2, 0.25) is 0 Å². The zero-order valence-electron chi connectivity index (χ0n) is 2.65. The molecule has 0 spiro atoms. The predicted molar refractivity (Wildman–Crippen MR) is 15.8 cm³/mol. The van der Waals surface area contributed by atoms with Crippen molar-refractivity contribution in [1.82, 2.24) is 0 Å². The second kappa shape index (κ2) is 3.63. The van der Waals surface area contributed by atoms with E-state index in [0.29, 0.717) is 0 Å². The summed E-state index contributed by atoms with van der Waals surface area (Å²) in [6.45, 7) is -0.462. The van der Waals surface area contributed by atoms with Crippen molar-refractivity contribution in [1.29, 1.82) is 0 Å². The van der Waals surface area contributed by atoms with Crippen LogP contribution in [-0.4, -0.2) is 6.61 Å². The highest BCUT2D eigenvalue weighted by Gasteiger charge is 1.58. The molecule has 29 valence electrons. The maximum Gasteiger partial charge on any atom is 0.103 e. The van der Waals surface area contributed by atoms with Gasteiger partial charge in [-0.15, -0.1) is 0 Å². The van der Waals surface area contributed by atoms with Crippen molar-refractivity contribution < 1.29 is 9.50 Å². The lowest BCUT2D eigenvalue weighted by atomic mass is 10.7. The van der Waals surface area contributed by atoms with Crippen LogP contribution in [0.5, 0.6) is 0 Å². The molecule has 0 unspecified atom stereocenters. The van der Waals surface area contributed by atoms with Gasteiger partial charge in [0.25, 0.3) is 0 Å². The van der Waals surface area contributed by atoms with E-state index < -0.39 is 6.61 Å². The van der Waals surface area contributed by atoms with Crippen LogP contribution in [0, 0.1) is 0 Å². The molecule has 1 radical (unpaired) electrons. The summed E-state index contributed by atoms with van der Waals surface area (Å²) in [5, 5.41) is 9.20. The molecule has 0 aromatic heterocycles. The molecule has 0 amide bonds. The molecule has 0 aromatic rings. The Labute approximate surface area is 29.7 Å². The molecule has 0 fully saturated rings. The molecule has 5 heavy (non-hydrogen) atoms. The smallest absolute Gasteiger partial charge is 0.103 e. The van der Waals surface area contributed by atoms with Crippen LogP contribution in [0.25, 0.3) is 0 Å². The van der Waals surface area contributed by atoms with Crippen molar-refractivity contribution in [2.75, 3.05) is 6.61 Å². The van der Waals surface area contributed by atoms with E-state index in [-0.39, 0.29) is 6.33 Å². The maximum atomic E-state index is 10.6. The second-order valence-corrected chi connectivity index (χ2v) is 0.528. The molecule has 0 aliphatic carbocycles. The second-order valence-electron chi connectivity index (χ2n) is 0.528. The molecule has 0 atom stereocenters. The van der Waals surface area contributed by atoms with Crippen molar-refractivity contribution in [3.8, 4) is 0 Å². The van der Waals surface area contributed by atoms with Gasteiger partial charge in [-0.25, -0.2) is 9.50 Å². The van der Waals surface area contributed by atoms with Crippen molar-refractivity contribution in [3.05, 3.63) is 12.4 Å². The van der Waals surface area contributed by atoms with Gasteiger partial charge in [-0.2, -0.15) is 0 Å². The molecule has 0 saturated carbocycles. The van der Waals surface area contributed by atoms with Crippen LogP contribution in [0.15, 0.2) is 12.4 Å². The highest BCUT2D eigenvalue weighted by Crippen LogP contribution is 1.66. The largest absolute Gasteiger partial charge is 0.232 e. The molecule has 0 aliphatic rings. The summed E-state index contributed by atoms with van der Waals surface area (Å²) >= 11 is 0. The monoisotopic (exact) mass is 75.0 g/mol. The first-order valence-electron chi connectivity index (χ1n) is 1.25. The van der Waals surface area contributed by atoms with Crippen LogP contribution < -0.4 is 0 Å². The van der Waals surface area contributed by atoms with Gasteiger partial charge in [0.05, 0.1) is 6.33 Å². The zero-order valence-corrected chi connectivity index (χ0v) is 2.65. The highest BCUT2D eigenvalue weighted by molar-refractivity contribution is 4.68. The standard InChI is InChI=1S/C3H4FO/c4-2-1-3-5/h1-2H,3H2. The fourth-order valence-electron chi connectivity index (χ4n) is 0.0364. The Morgan fingerprint density at radius 1 is 1.80 bits per heavy atom. The van der Waals surface area contributed by atoms with E-state index in [2.05, 4.69) is 0 Å². The van der Waals surface area contributed by atoms with Gasteiger partial charge in [-0.3, -0.25) is 0 Å². The Bertz CT molecular complexity index is 33.9. The molecule has 0 aliphatic heterocycles. The number of hydrogen-bond donors (Lipinski definition) is 0. The van der Waals surface area contributed by atoms with Crippen molar-refractivity contribution in [3.63, 3.8) is 0 Å². The van der Waals surface area contributed by atoms with Gasteiger partial charge in [0.15, 0.2) is 0 Å². The van der Waals surface area contributed by atoms with E-state index in [1.54, 1.807) is 0 Å². The first kappa shape index (κ1) is 4.63. The summed E-state index contributed by atoms with van der Waals surface area (Å²) in [6, 6.07) is 0. The van der Waals surface area contributed by atoms with E-state index in [9.17, 15) is 9.50 Å². The third kappa shape index (κ3) is 3.63. The summed E-state index contributed by atoms with van der Waals surface area (Å²) in [4.78, 5) is 0. The molecule has 0 N–H and O–H groups in total. The number of halogens is 1. The van der Waals surface area contributed by atoms with E-state index >= 15 is 0 Å². The van der Waals surface area contributed by atoms with Gasteiger partial charge in [-0.1, -0.05) is 0 Å². The summed E-state index contributed by atoms with van der Waals surface area (Å²) in [6.07, 6.45) is 1.15. The molecular formula is C3H4FO. The minimum Gasteiger partial charge on any atom is -0.232 e. The minimum atomic E-state index is -0.462. The Balaban J connectivity index is 2.62. The zero-order chi connectivity index (χ0) is 4.12. The van der Waals surface area contributed by atoms with Gasteiger partial charge < -0.3 is 0 Å². The maximum absolute atomic E-state index is 10.6. The van der Waals surface area contributed by atoms with Gasteiger partial charge >= 0.3 is 0 Å². The number of rotatable bonds is 1.